The molecule has 0 aliphatic carbocycles. The number of hydrogen-bond acceptors (Lipinski definition) is 5. The van der Waals surface area contributed by atoms with Gasteiger partial charge in [-0.25, -0.2) is 13.8 Å². The van der Waals surface area contributed by atoms with E-state index in [-0.39, 0.29) is 4.90 Å². The zero-order chi connectivity index (χ0) is 30.4. The number of amides is 1. The minimum Gasteiger partial charge on any atom is -0.489 e. The zero-order valence-corrected chi connectivity index (χ0v) is 25.1. The minimum absolute atomic E-state index is 0.107. The van der Waals surface area contributed by atoms with Crippen molar-refractivity contribution in [3.05, 3.63) is 137 Å². The van der Waals surface area contributed by atoms with E-state index in [2.05, 4.69) is 34.8 Å². The summed E-state index contributed by atoms with van der Waals surface area (Å²) in [5, 5.41) is 6.38. The van der Waals surface area contributed by atoms with Gasteiger partial charge in [-0.05, 0) is 102 Å². The first kappa shape index (κ1) is 29.5. The van der Waals surface area contributed by atoms with Crippen LogP contribution in [0.3, 0.4) is 0 Å². The summed E-state index contributed by atoms with van der Waals surface area (Å²) in [6.07, 6.45) is 1.50. The van der Waals surface area contributed by atoms with E-state index >= 15 is 0 Å². The monoisotopic (exact) mass is 591 g/mol. The molecule has 0 atom stereocenters. The second kappa shape index (κ2) is 12.9. The van der Waals surface area contributed by atoms with Gasteiger partial charge in [0.05, 0.1) is 16.8 Å². The lowest BCUT2D eigenvalue weighted by molar-refractivity contribution is -0.119. The fourth-order valence-corrected chi connectivity index (χ4v) is 6.02. The van der Waals surface area contributed by atoms with Gasteiger partial charge in [0.15, 0.2) is 0 Å². The lowest BCUT2D eigenvalue weighted by Crippen LogP contribution is -2.39. The highest BCUT2D eigenvalue weighted by Crippen LogP contribution is 2.26. The van der Waals surface area contributed by atoms with Crippen LogP contribution in [0.25, 0.3) is 10.8 Å². The van der Waals surface area contributed by atoms with Crippen LogP contribution in [0.2, 0.25) is 0 Å². The fourth-order valence-electron chi connectivity index (χ4n) is 4.61. The van der Waals surface area contributed by atoms with Crippen LogP contribution in [0.5, 0.6) is 5.75 Å². The Morgan fingerprint density at radius 3 is 2.30 bits per heavy atom. The van der Waals surface area contributed by atoms with Gasteiger partial charge in [-0.3, -0.25) is 9.10 Å². The van der Waals surface area contributed by atoms with Crippen LogP contribution in [0.1, 0.15) is 27.8 Å². The smallest absolute Gasteiger partial charge is 0.264 e. The molecule has 0 saturated heterocycles. The Hall–Kier alpha value is -4.95. The first-order chi connectivity index (χ1) is 20.7. The van der Waals surface area contributed by atoms with E-state index < -0.39 is 22.5 Å². The molecule has 0 aliphatic heterocycles. The number of hydrazone groups is 1. The number of carbonyl (C=O) groups is 1. The lowest BCUT2D eigenvalue weighted by atomic mass is 10.1. The van der Waals surface area contributed by atoms with Gasteiger partial charge >= 0.3 is 0 Å². The van der Waals surface area contributed by atoms with Gasteiger partial charge < -0.3 is 4.74 Å². The quantitative estimate of drug-likeness (QED) is 0.145. The third-order valence-electron chi connectivity index (χ3n) is 7.23. The fraction of sp³-hybridized carbons (Fsp3) is 0.143. The molecule has 0 aromatic heterocycles. The van der Waals surface area contributed by atoms with Gasteiger partial charge in [-0.1, -0.05) is 66.2 Å². The molecule has 7 nitrogen and oxygen atoms in total. The topological polar surface area (TPSA) is 88.1 Å². The number of sulfonamides is 1. The zero-order valence-electron chi connectivity index (χ0n) is 24.3. The second-order valence-corrected chi connectivity index (χ2v) is 12.2. The van der Waals surface area contributed by atoms with E-state index in [1.807, 2.05) is 69.3 Å². The number of aryl methyl sites for hydroxylation is 3. The number of fused-ring (bicyclic) bond motifs is 1. The summed E-state index contributed by atoms with van der Waals surface area (Å²) in [6.45, 7) is 5.74. The molecule has 8 heteroatoms. The Bertz CT molecular complexity index is 1880. The van der Waals surface area contributed by atoms with Gasteiger partial charge in [0.2, 0.25) is 0 Å². The molecule has 0 spiro atoms. The van der Waals surface area contributed by atoms with Gasteiger partial charge in [0.1, 0.15) is 18.9 Å². The lowest BCUT2D eigenvalue weighted by Gasteiger charge is -2.24. The number of rotatable bonds is 10. The van der Waals surface area contributed by atoms with E-state index in [4.69, 9.17) is 4.74 Å². The van der Waals surface area contributed by atoms with E-state index in [9.17, 15) is 13.2 Å². The highest BCUT2D eigenvalue weighted by atomic mass is 32.2. The molecule has 0 bridgehead atoms. The van der Waals surface area contributed by atoms with Crippen molar-refractivity contribution in [3.8, 4) is 5.75 Å². The Morgan fingerprint density at radius 1 is 0.837 bits per heavy atom. The van der Waals surface area contributed by atoms with E-state index in [1.54, 1.807) is 36.4 Å². The van der Waals surface area contributed by atoms with Crippen LogP contribution >= 0.6 is 0 Å². The predicted molar refractivity (Wildman–Crippen MR) is 172 cm³/mol. The molecule has 0 radical (unpaired) electrons. The average molecular weight is 592 g/mol. The van der Waals surface area contributed by atoms with Crippen LogP contribution in [-0.2, 0) is 21.4 Å². The molecule has 0 unspecified atom stereocenters. The summed E-state index contributed by atoms with van der Waals surface area (Å²) < 4.78 is 34.3. The van der Waals surface area contributed by atoms with E-state index in [1.165, 1.54) is 11.6 Å². The molecule has 0 heterocycles. The van der Waals surface area contributed by atoms with Crippen LogP contribution in [-0.4, -0.2) is 27.1 Å². The molecule has 5 aromatic rings. The van der Waals surface area contributed by atoms with Gasteiger partial charge in [0, 0.05) is 0 Å². The number of ether oxygens (including phenoxy) is 1. The first-order valence-corrected chi connectivity index (χ1v) is 15.3. The SMILES string of the molecule is Cc1ccc(S(=O)(=O)N(CC(=O)N/N=C\c2ccc(OCc3cccc4ccccc34)cc2)c2ccc(C)c(C)c2)cc1. The highest BCUT2D eigenvalue weighted by molar-refractivity contribution is 7.92. The Kier molecular flexibility index (Phi) is 8.87. The molecule has 5 rings (SSSR count). The number of carbonyl (C=O) groups excluding carboxylic acids is 1. The minimum atomic E-state index is -4.01. The maximum absolute atomic E-state index is 13.6. The maximum atomic E-state index is 13.6. The Balaban J connectivity index is 1.24. The van der Waals surface area contributed by atoms with Gasteiger partial charge in [0.25, 0.3) is 15.9 Å². The van der Waals surface area contributed by atoms with Crippen molar-refractivity contribution < 1.29 is 17.9 Å². The summed E-state index contributed by atoms with van der Waals surface area (Å²) in [6, 6.07) is 33.6. The molecule has 0 saturated carbocycles. The Morgan fingerprint density at radius 2 is 1.56 bits per heavy atom. The number of anilines is 1. The number of nitrogens with zero attached hydrogens (tertiary/aromatic N) is 2. The van der Waals surface area contributed by atoms with E-state index in [0.717, 1.165) is 37.5 Å². The molecule has 0 aliphatic rings. The maximum Gasteiger partial charge on any atom is 0.264 e. The van der Waals surface area contributed by atoms with Crippen molar-refractivity contribution in [1.82, 2.24) is 5.43 Å². The molecule has 0 fully saturated rings. The summed E-state index contributed by atoms with van der Waals surface area (Å²) in [7, 11) is -4.01. The van der Waals surface area contributed by atoms with Crippen molar-refractivity contribution in [2.24, 2.45) is 5.10 Å². The van der Waals surface area contributed by atoms with Crippen molar-refractivity contribution >= 4 is 38.6 Å². The third kappa shape index (κ3) is 7.10. The third-order valence-corrected chi connectivity index (χ3v) is 9.02. The van der Waals surface area contributed by atoms with Crippen molar-refractivity contribution in [3.63, 3.8) is 0 Å². The van der Waals surface area contributed by atoms with Crippen LogP contribution in [0.4, 0.5) is 5.69 Å². The van der Waals surface area contributed by atoms with Crippen LogP contribution in [0.15, 0.2) is 119 Å². The summed E-state index contributed by atoms with van der Waals surface area (Å²) in [5.41, 5.74) is 7.60. The van der Waals surface area contributed by atoms with E-state index in [0.29, 0.717) is 18.0 Å². The van der Waals surface area contributed by atoms with Gasteiger partial charge in [-0.2, -0.15) is 5.10 Å². The average Bonchev–Trinajstić information content (AvgIpc) is 3.01. The molecule has 5 aromatic carbocycles. The summed E-state index contributed by atoms with van der Waals surface area (Å²) >= 11 is 0. The molecule has 1 N–H and O–H groups in total. The first-order valence-electron chi connectivity index (χ1n) is 13.9. The summed E-state index contributed by atoms with van der Waals surface area (Å²) in [5.74, 6) is 0.139. The highest BCUT2D eigenvalue weighted by Gasteiger charge is 2.27. The van der Waals surface area contributed by atoms with Crippen molar-refractivity contribution in [1.29, 1.82) is 0 Å². The van der Waals surface area contributed by atoms with Gasteiger partial charge in [-0.15, -0.1) is 0 Å². The molecule has 1 amide bonds. The van der Waals surface area contributed by atoms with Crippen LogP contribution in [0, 0.1) is 20.8 Å². The molecular weight excluding hydrogens is 558 g/mol. The molecule has 218 valence electrons. The predicted octanol–water partition coefficient (Wildman–Crippen LogP) is 6.69. The number of nitrogens with one attached hydrogen (secondary N) is 1. The molecular formula is C35H33N3O4S. The van der Waals surface area contributed by atoms with Crippen molar-refractivity contribution in [2.75, 3.05) is 10.8 Å². The van der Waals surface area contributed by atoms with Crippen LogP contribution < -0.4 is 14.5 Å². The summed E-state index contributed by atoms with van der Waals surface area (Å²) in [4.78, 5) is 13.0. The number of benzene rings is 5. The largest absolute Gasteiger partial charge is 0.489 e. The number of hydrogen-bond donors (Lipinski definition) is 1. The van der Waals surface area contributed by atoms with Crippen molar-refractivity contribution in [2.45, 2.75) is 32.3 Å². The Labute approximate surface area is 252 Å². The standard InChI is InChI=1S/C35H33N3O4S/c1-25-11-19-33(20-12-25)43(40,41)38(31-16-13-26(2)27(3)21-31)23-35(39)37-36-22-28-14-17-32(18-15-28)42-24-30-9-6-8-29-7-4-5-10-34(29)30/h4-22H,23-24H2,1-3H3,(H,37,39)/b36-22-. The second-order valence-electron chi connectivity index (χ2n) is 10.4. The molecule has 43 heavy (non-hydrogen) atoms. The normalized spacial score (nSPS) is 11.5.